The van der Waals surface area contributed by atoms with Crippen molar-refractivity contribution in [1.29, 1.82) is 0 Å². The second-order valence-corrected chi connectivity index (χ2v) is 8.21. The summed E-state index contributed by atoms with van der Waals surface area (Å²) in [5.74, 6) is 1.75. The number of nitrogens with one attached hydrogen (secondary N) is 1. The monoisotopic (exact) mass is 333 g/mol. The third-order valence-corrected chi connectivity index (χ3v) is 5.65. The molecule has 1 aliphatic carbocycles. The fourth-order valence-corrected chi connectivity index (χ4v) is 3.78. The maximum Gasteiger partial charge on any atom is 0.132 e. The van der Waals surface area contributed by atoms with Crippen LogP contribution in [0, 0.1) is 11.3 Å². The van der Waals surface area contributed by atoms with Gasteiger partial charge in [0, 0.05) is 24.5 Å². The number of aromatic nitrogens is 4. The second-order valence-electron chi connectivity index (χ2n) is 8.21. The van der Waals surface area contributed by atoms with Gasteiger partial charge in [0.05, 0.1) is 11.2 Å². The van der Waals surface area contributed by atoms with E-state index in [9.17, 15) is 0 Å². The van der Waals surface area contributed by atoms with Gasteiger partial charge in [0.2, 0.25) is 0 Å². The summed E-state index contributed by atoms with van der Waals surface area (Å²) in [6, 6.07) is 8.72. The molecule has 128 valence electrons. The van der Waals surface area contributed by atoms with Gasteiger partial charge in [0.1, 0.15) is 17.8 Å². The summed E-state index contributed by atoms with van der Waals surface area (Å²) in [6.45, 7) is 6.78. The van der Waals surface area contributed by atoms with Crippen molar-refractivity contribution in [2.24, 2.45) is 11.3 Å². The number of anilines is 1. The lowest BCUT2D eigenvalue weighted by molar-refractivity contribution is 0.443. The topological polar surface area (TPSA) is 57.7 Å². The minimum absolute atomic E-state index is 0.508. The van der Waals surface area contributed by atoms with Gasteiger partial charge in [-0.05, 0) is 48.3 Å². The van der Waals surface area contributed by atoms with Gasteiger partial charge < -0.3 is 4.90 Å². The number of rotatable bonds is 4. The summed E-state index contributed by atoms with van der Waals surface area (Å²) in [6.07, 6.45) is 5.48. The molecule has 1 saturated heterocycles. The SMILES string of the molecule is CC1CN(c2cc(-c3n[nH]c4ccc(CC5(C)CC5)cc34)ncn2)C1. The Morgan fingerprint density at radius 1 is 1.20 bits per heavy atom. The van der Waals surface area contributed by atoms with Crippen molar-refractivity contribution in [2.75, 3.05) is 18.0 Å². The largest absolute Gasteiger partial charge is 0.356 e. The Bertz CT molecular complexity index is 934. The van der Waals surface area contributed by atoms with Gasteiger partial charge in [0.25, 0.3) is 0 Å². The standard InChI is InChI=1S/C20H23N5/c1-13-10-25(11-13)18-8-17(21-12-22-18)19-15-7-14(9-20(2)5-6-20)3-4-16(15)23-24-19/h3-4,7-8,12-13H,5-6,9-11H2,1-2H3,(H,23,24). The molecule has 0 amide bonds. The molecule has 1 saturated carbocycles. The van der Waals surface area contributed by atoms with E-state index in [1.807, 2.05) is 0 Å². The summed E-state index contributed by atoms with van der Waals surface area (Å²) >= 11 is 0. The van der Waals surface area contributed by atoms with E-state index >= 15 is 0 Å². The lowest BCUT2D eigenvalue weighted by Gasteiger charge is -2.38. The van der Waals surface area contributed by atoms with Gasteiger partial charge in [0.15, 0.2) is 0 Å². The number of hydrogen-bond acceptors (Lipinski definition) is 4. The molecule has 25 heavy (non-hydrogen) atoms. The molecule has 3 aromatic rings. The molecular weight excluding hydrogens is 310 g/mol. The van der Waals surface area contributed by atoms with Crippen molar-refractivity contribution < 1.29 is 0 Å². The first kappa shape index (κ1) is 14.9. The molecule has 2 aliphatic rings. The Balaban J connectivity index is 1.51. The van der Waals surface area contributed by atoms with E-state index in [0.717, 1.165) is 53.5 Å². The highest BCUT2D eigenvalue weighted by Crippen LogP contribution is 2.48. The number of nitrogens with zero attached hydrogens (tertiary/aromatic N) is 4. The van der Waals surface area contributed by atoms with Crippen LogP contribution in [-0.4, -0.2) is 33.3 Å². The number of fused-ring (bicyclic) bond motifs is 1. The van der Waals surface area contributed by atoms with Crippen LogP contribution in [0.1, 0.15) is 32.3 Å². The molecular formula is C20H23N5. The first-order valence-corrected chi connectivity index (χ1v) is 9.14. The van der Waals surface area contributed by atoms with Crippen LogP contribution in [-0.2, 0) is 6.42 Å². The molecule has 0 bridgehead atoms. The van der Waals surface area contributed by atoms with Crippen molar-refractivity contribution in [3.05, 3.63) is 36.2 Å². The van der Waals surface area contributed by atoms with E-state index in [-0.39, 0.29) is 0 Å². The minimum Gasteiger partial charge on any atom is -0.356 e. The third kappa shape index (κ3) is 2.68. The first-order valence-electron chi connectivity index (χ1n) is 9.14. The smallest absolute Gasteiger partial charge is 0.132 e. The quantitative estimate of drug-likeness (QED) is 0.788. The summed E-state index contributed by atoms with van der Waals surface area (Å²) < 4.78 is 0. The molecule has 5 rings (SSSR count). The summed E-state index contributed by atoms with van der Waals surface area (Å²) in [7, 11) is 0. The van der Waals surface area contributed by atoms with Crippen molar-refractivity contribution in [3.63, 3.8) is 0 Å². The van der Waals surface area contributed by atoms with Crippen molar-refractivity contribution in [1.82, 2.24) is 20.2 Å². The average molecular weight is 333 g/mol. The number of aromatic amines is 1. The zero-order valence-electron chi connectivity index (χ0n) is 14.8. The molecule has 0 radical (unpaired) electrons. The maximum atomic E-state index is 4.54. The van der Waals surface area contributed by atoms with Gasteiger partial charge in [-0.1, -0.05) is 19.9 Å². The average Bonchev–Trinajstić information content (AvgIpc) is 3.16. The normalized spacial score (nSPS) is 19.2. The molecule has 5 nitrogen and oxygen atoms in total. The second kappa shape index (κ2) is 5.28. The highest BCUT2D eigenvalue weighted by Gasteiger charge is 2.37. The van der Waals surface area contributed by atoms with Gasteiger partial charge in [-0.25, -0.2) is 9.97 Å². The van der Waals surface area contributed by atoms with E-state index in [1.54, 1.807) is 6.33 Å². The predicted octanol–water partition coefficient (Wildman–Crippen LogP) is 3.82. The fraction of sp³-hybridized carbons (Fsp3) is 0.450. The van der Waals surface area contributed by atoms with E-state index in [4.69, 9.17) is 0 Å². The molecule has 0 spiro atoms. The highest BCUT2D eigenvalue weighted by atomic mass is 15.2. The van der Waals surface area contributed by atoms with Gasteiger partial charge in [-0.3, -0.25) is 5.10 Å². The molecule has 0 atom stereocenters. The molecule has 1 aliphatic heterocycles. The Kier molecular flexibility index (Phi) is 3.14. The Morgan fingerprint density at radius 2 is 2.04 bits per heavy atom. The van der Waals surface area contributed by atoms with Crippen molar-refractivity contribution in [2.45, 2.75) is 33.1 Å². The maximum absolute atomic E-state index is 4.54. The Hall–Kier alpha value is -2.43. The van der Waals surface area contributed by atoms with Crippen molar-refractivity contribution in [3.8, 4) is 11.4 Å². The van der Waals surface area contributed by atoms with Crippen LogP contribution in [0.15, 0.2) is 30.6 Å². The van der Waals surface area contributed by atoms with E-state index in [0.29, 0.717) is 5.41 Å². The molecule has 2 aromatic heterocycles. The number of benzene rings is 1. The number of H-pyrrole nitrogens is 1. The molecule has 0 unspecified atom stereocenters. The highest BCUT2D eigenvalue weighted by molar-refractivity contribution is 5.92. The summed E-state index contributed by atoms with van der Waals surface area (Å²) in [4.78, 5) is 11.2. The van der Waals surface area contributed by atoms with Crippen LogP contribution in [0.2, 0.25) is 0 Å². The molecule has 2 fully saturated rings. The van der Waals surface area contributed by atoms with Gasteiger partial charge in [-0.15, -0.1) is 0 Å². The van der Waals surface area contributed by atoms with Crippen LogP contribution < -0.4 is 4.90 Å². The lowest BCUT2D eigenvalue weighted by Crippen LogP contribution is -2.45. The van der Waals surface area contributed by atoms with Crippen LogP contribution in [0.3, 0.4) is 0 Å². The molecule has 1 aromatic carbocycles. The minimum atomic E-state index is 0.508. The fourth-order valence-electron chi connectivity index (χ4n) is 3.78. The summed E-state index contributed by atoms with van der Waals surface area (Å²) in [5, 5.41) is 8.85. The van der Waals surface area contributed by atoms with Gasteiger partial charge in [-0.2, -0.15) is 5.10 Å². The van der Waals surface area contributed by atoms with E-state index in [1.165, 1.54) is 18.4 Å². The van der Waals surface area contributed by atoms with E-state index in [2.05, 4.69) is 63.2 Å². The molecule has 5 heteroatoms. The lowest BCUT2D eigenvalue weighted by atomic mass is 9.97. The Labute approximate surface area is 147 Å². The van der Waals surface area contributed by atoms with Crippen LogP contribution >= 0.6 is 0 Å². The summed E-state index contributed by atoms with van der Waals surface area (Å²) in [5.41, 5.74) is 4.78. The van der Waals surface area contributed by atoms with Crippen LogP contribution in [0.4, 0.5) is 5.82 Å². The van der Waals surface area contributed by atoms with Gasteiger partial charge >= 0.3 is 0 Å². The Morgan fingerprint density at radius 3 is 2.80 bits per heavy atom. The zero-order valence-corrected chi connectivity index (χ0v) is 14.8. The zero-order chi connectivity index (χ0) is 17.0. The van der Waals surface area contributed by atoms with Crippen LogP contribution in [0.25, 0.3) is 22.3 Å². The molecule has 1 N–H and O–H groups in total. The van der Waals surface area contributed by atoms with Crippen molar-refractivity contribution >= 4 is 16.7 Å². The first-order chi connectivity index (χ1) is 12.1. The van der Waals surface area contributed by atoms with Crippen LogP contribution in [0.5, 0.6) is 0 Å². The third-order valence-electron chi connectivity index (χ3n) is 5.65. The predicted molar refractivity (Wildman–Crippen MR) is 99.5 cm³/mol. The number of hydrogen-bond donors (Lipinski definition) is 1. The molecule has 3 heterocycles. The van der Waals surface area contributed by atoms with E-state index < -0.39 is 0 Å².